The third-order valence-corrected chi connectivity index (χ3v) is 9.43. The summed E-state index contributed by atoms with van der Waals surface area (Å²) in [6.07, 6.45) is 0. The van der Waals surface area contributed by atoms with Gasteiger partial charge in [0.05, 0.1) is 18.8 Å². The molecule has 4 heteroatoms. The normalized spacial score (nSPS) is 11.8. The van der Waals surface area contributed by atoms with Crippen molar-refractivity contribution in [2.24, 2.45) is 0 Å². The molecule has 0 fully saturated rings. The molecule has 0 N–H and O–H groups in total. The van der Waals surface area contributed by atoms with Gasteiger partial charge in [-0.2, -0.15) is 0 Å². The Labute approximate surface area is 157 Å². The second kappa shape index (κ2) is 8.47. The van der Waals surface area contributed by atoms with Gasteiger partial charge >= 0.3 is 5.97 Å². The topological polar surface area (TPSA) is 35.5 Å². The second-order valence-corrected chi connectivity index (χ2v) is 11.6. The van der Waals surface area contributed by atoms with Crippen LogP contribution in [0.25, 0.3) is 0 Å². The highest BCUT2D eigenvalue weighted by atomic mass is 28.4. The van der Waals surface area contributed by atoms with Gasteiger partial charge in [-0.3, -0.25) is 0 Å². The fourth-order valence-electron chi connectivity index (χ4n) is 3.25. The largest absolute Gasteiger partial charge is 0.463 e. The van der Waals surface area contributed by atoms with E-state index in [0.717, 1.165) is 0 Å². The Kier molecular flexibility index (Phi) is 6.56. The highest BCUT2D eigenvalue weighted by Crippen LogP contribution is 2.36. The molecule has 0 saturated carbocycles. The lowest BCUT2D eigenvalue weighted by molar-refractivity contribution is -0.138. The minimum Gasteiger partial charge on any atom is -0.463 e. The van der Waals surface area contributed by atoms with E-state index in [1.807, 2.05) is 36.4 Å². The van der Waals surface area contributed by atoms with Crippen LogP contribution in [-0.4, -0.2) is 27.5 Å². The predicted molar refractivity (Wildman–Crippen MR) is 109 cm³/mol. The molecule has 0 aliphatic heterocycles. The van der Waals surface area contributed by atoms with Gasteiger partial charge < -0.3 is 9.16 Å². The van der Waals surface area contributed by atoms with Crippen molar-refractivity contribution in [1.82, 2.24) is 0 Å². The van der Waals surface area contributed by atoms with Crippen molar-refractivity contribution >= 4 is 24.7 Å². The van der Waals surface area contributed by atoms with Crippen LogP contribution in [-0.2, 0) is 14.0 Å². The summed E-state index contributed by atoms with van der Waals surface area (Å²) < 4.78 is 11.7. The first-order valence-electron chi connectivity index (χ1n) is 8.93. The molecule has 0 radical (unpaired) electrons. The monoisotopic (exact) mass is 368 g/mol. The molecule has 138 valence electrons. The zero-order valence-corrected chi connectivity index (χ0v) is 17.1. The Hall–Kier alpha value is -2.17. The quantitative estimate of drug-likeness (QED) is 0.425. The lowest BCUT2D eigenvalue weighted by Gasteiger charge is -2.43. The van der Waals surface area contributed by atoms with Crippen LogP contribution in [0.2, 0.25) is 5.04 Å². The van der Waals surface area contributed by atoms with E-state index in [-0.39, 0.29) is 11.6 Å². The fourth-order valence-corrected chi connectivity index (χ4v) is 7.80. The van der Waals surface area contributed by atoms with Crippen LogP contribution >= 0.6 is 0 Å². The summed E-state index contributed by atoms with van der Waals surface area (Å²) in [6.45, 7) is 12.7. The maximum atomic E-state index is 12.0. The average Bonchev–Trinajstić information content (AvgIpc) is 2.63. The molecule has 0 heterocycles. The molecule has 0 aliphatic carbocycles. The Bertz CT molecular complexity index is 693. The van der Waals surface area contributed by atoms with Gasteiger partial charge in [0.15, 0.2) is 0 Å². The smallest absolute Gasteiger partial charge is 0.335 e. The first-order valence-corrected chi connectivity index (χ1v) is 10.8. The lowest BCUT2D eigenvalue weighted by Crippen LogP contribution is -2.66. The molecule has 2 aromatic carbocycles. The number of carbonyl (C=O) groups is 1. The van der Waals surface area contributed by atoms with Gasteiger partial charge in [-0.05, 0) is 22.3 Å². The van der Waals surface area contributed by atoms with Crippen LogP contribution in [0.3, 0.4) is 0 Å². The van der Waals surface area contributed by atoms with Crippen molar-refractivity contribution in [2.75, 3.05) is 13.2 Å². The molecule has 0 bridgehead atoms. The minimum absolute atomic E-state index is 0.134. The van der Waals surface area contributed by atoms with Crippen molar-refractivity contribution in [3.05, 3.63) is 72.8 Å². The highest BCUT2D eigenvalue weighted by Gasteiger charge is 2.50. The molecule has 0 amide bonds. The lowest BCUT2D eigenvalue weighted by atomic mass is 10.2. The molecule has 26 heavy (non-hydrogen) atoms. The SMILES string of the molecule is C=C(CO[Si](c1ccccc1)(c1ccccc1)C(C)(C)C)C(=O)OCC. The van der Waals surface area contributed by atoms with Crippen LogP contribution in [0.5, 0.6) is 0 Å². The van der Waals surface area contributed by atoms with Crippen molar-refractivity contribution in [2.45, 2.75) is 32.7 Å². The van der Waals surface area contributed by atoms with E-state index in [0.29, 0.717) is 12.2 Å². The number of hydrogen-bond donors (Lipinski definition) is 0. The molecular weight excluding hydrogens is 340 g/mol. The Balaban J connectivity index is 2.51. The molecule has 0 saturated heterocycles. The van der Waals surface area contributed by atoms with Crippen molar-refractivity contribution in [1.29, 1.82) is 0 Å². The third kappa shape index (κ3) is 4.14. The zero-order valence-electron chi connectivity index (χ0n) is 16.1. The van der Waals surface area contributed by atoms with E-state index >= 15 is 0 Å². The zero-order chi connectivity index (χ0) is 19.2. The van der Waals surface area contributed by atoms with E-state index in [1.54, 1.807) is 6.92 Å². The minimum atomic E-state index is -2.65. The van der Waals surface area contributed by atoms with Gasteiger partial charge in [0.25, 0.3) is 8.32 Å². The summed E-state index contributed by atoms with van der Waals surface area (Å²) in [5.41, 5.74) is 0.347. The van der Waals surface area contributed by atoms with E-state index < -0.39 is 14.3 Å². The number of benzene rings is 2. The number of rotatable bonds is 7. The first kappa shape index (κ1) is 20.1. The summed E-state index contributed by atoms with van der Waals surface area (Å²) in [6, 6.07) is 20.7. The molecule has 0 atom stereocenters. The van der Waals surface area contributed by atoms with Crippen LogP contribution in [0, 0.1) is 0 Å². The predicted octanol–water partition coefficient (Wildman–Crippen LogP) is 3.68. The summed E-state index contributed by atoms with van der Waals surface area (Å²) in [5.74, 6) is -0.398. The summed E-state index contributed by atoms with van der Waals surface area (Å²) in [7, 11) is -2.65. The average molecular weight is 369 g/mol. The Morgan fingerprint density at radius 3 is 1.81 bits per heavy atom. The maximum absolute atomic E-state index is 12.0. The van der Waals surface area contributed by atoms with Crippen LogP contribution in [0.1, 0.15) is 27.7 Å². The molecule has 0 unspecified atom stereocenters. The second-order valence-electron chi connectivity index (χ2n) is 7.28. The van der Waals surface area contributed by atoms with E-state index in [2.05, 4.69) is 51.6 Å². The van der Waals surface area contributed by atoms with Crippen molar-refractivity contribution < 1.29 is 14.0 Å². The summed E-state index contributed by atoms with van der Waals surface area (Å²) in [5, 5.41) is 2.22. The number of esters is 1. The van der Waals surface area contributed by atoms with E-state index in [1.165, 1.54) is 10.4 Å². The van der Waals surface area contributed by atoms with Crippen LogP contribution in [0.4, 0.5) is 0 Å². The van der Waals surface area contributed by atoms with E-state index in [9.17, 15) is 4.79 Å². The van der Waals surface area contributed by atoms with Crippen LogP contribution in [0.15, 0.2) is 72.8 Å². The fraction of sp³-hybridized carbons (Fsp3) is 0.318. The molecule has 0 aromatic heterocycles. The third-order valence-electron chi connectivity index (χ3n) is 4.44. The van der Waals surface area contributed by atoms with Gasteiger partial charge in [0.2, 0.25) is 0 Å². The van der Waals surface area contributed by atoms with Gasteiger partial charge in [-0.15, -0.1) is 0 Å². The molecule has 0 aliphatic rings. The van der Waals surface area contributed by atoms with Crippen molar-refractivity contribution in [3.8, 4) is 0 Å². The first-order chi connectivity index (χ1) is 12.3. The maximum Gasteiger partial charge on any atom is 0.335 e. The van der Waals surface area contributed by atoms with Gasteiger partial charge in [-0.25, -0.2) is 4.79 Å². The molecule has 2 rings (SSSR count). The van der Waals surface area contributed by atoms with Crippen LogP contribution < -0.4 is 10.4 Å². The Morgan fingerprint density at radius 1 is 0.962 bits per heavy atom. The molecular formula is C22H28O3Si. The summed E-state index contributed by atoms with van der Waals surface area (Å²) >= 11 is 0. The van der Waals surface area contributed by atoms with Gasteiger partial charge in [-0.1, -0.05) is 88.0 Å². The molecule has 0 spiro atoms. The van der Waals surface area contributed by atoms with E-state index in [4.69, 9.17) is 9.16 Å². The number of carbonyl (C=O) groups excluding carboxylic acids is 1. The molecule has 2 aromatic rings. The molecule has 3 nitrogen and oxygen atoms in total. The summed E-state index contributed by atoms with van der Waals surface area (Å²) in [4.78, 5) is 12.0. The number of hydrogen-bond acceptors (Lipinski definition) is 3. The van der Waals surface area contributed by atoms with Gasteiger partial charge in [0.1, 0.15) is 0 Å². The standard InChI is InChI=1S/C22H28O3Si/c1-6-24-21(23)18(2)17-25-26(22(3,4)5,19-13-9-7-10-14-19)20-15-11-8-12-16-20/h7-16H,2,6,17H2,1,3-5H3. The van der Waals surface area contributed by atoms with Crippen molar-refractivity contribution in [3.63, 3.8) is 0 Å². The number of ether oxygens (including phenoxy) is 1. The highest BCUT2D eigenvalue weighted by molar-refractivity contribution is 6.99. The van der Waals surface area contributed by atoms with Gasteiger partial charge in [0, 0.05) is 0 Å². The Morgan fingerprint density at radius 2 is 1.42 bits per heavy atom.